The summed E-state index contributed by atoms with van der Waals surface area (Å²) in [4.78, 5) is 23.1. The molecule has 4 rings (SSSR count). The van der Waals surface area contributed by atoms with Crippen molar-refractivity contribution in [3.8, 4) is 11.1 Å². The number of aromatic nitrogens is 2. The van der Waals surface area contributed by atoms with E-state index in [0.29, 0.717) is 22.8 Å². The van der Waals surface area contributed by atoms with E-state index in [0.717, 1.165) is 21.6 Å². The Morgan fingerprint density at radius 3 is 2.58 bits per heavy atom. The van der Waals surface area contributed by atoms with Crippen LogP contribution in [0.1, 0.15) is 5.82 Å². The molecular weight excluding hydrogens is 366 g/mol. The molecule has 0 aliphatic carbocycles. The van der Waals surface area contributed by atoms with Crippen molar-refractivity contribution >= 4 is 38.8 Å². The molecule has 0 fully saturated rings. The van der Waals surface area contributed by atoms with Crippen molar-refractivity contribution in [2.24, 2.45) is 0 Å². The van der Waals surface area contributed by atoms with Crippen molar-refractivity contribution in [1.82, 2.24) is 9.97 Å². The quantitative estimate of drug-likeness (QED) is 0.544. The number of fused-ring (bicyclic) bond motifs is 1. The summed E-state index contributed by atoms with van der Waals surface area (Å²) in [7, 11) is 1.98. The summed E-state index contributed by atoms with van der Waals surface area (Å²) < 4.78 is 0. The monoisotopic (exact) mass is 381 g/mol. The minimum absolute atomic E-state index is 0.113. The molecule has 0 amide bonds. The minimum Gasteiger partial charge on any atom is -0.367 e. The molecule has 0 aliphatic heterocycles. The zero-order valence-corrected chi connectivity index (χ0v) is 15.6. The maximum Gasteiger partial charge on any atom is 0.260 e. The van der Waals surface area contributed by atoms with Crippen LogP contribution in [0.2, 0.25) is 5.02 Å². The average Bonchev–Trinajstić information content (AvgIpc) is 3.07. The van der Waals surface area contributed by atoms with E-state index in [1.807, 2.05) is 67.0 Å². The van der Waals surface area contributed by atoms with Crippen LogP contribution in [0.15, 0.2) is 64.8 Å². The van der Waals surface area contributed by atoms with Crippen molar-refractivity contribution in [3.63, 3.8) is 0 Å². The number of aromatic amines is 1. The Kier molecular flexibility index (Phi) is 4.49. The fourth-order valence-corrected chi connectivity index (χ4v) is 4.00. The molecule has 0 atom stereocenters. The molecule has 0 saturated heterocycles. The van der Waals surface area contributed by atoms with E-state index < -0.39 is 0 Å². The van der Waals surface area contributed by atoms with Gasteiger partial charge in [0.1, 0.15) is 10.7 Å². The Hall–Kier alpha value is -2.63. The van der Waals surface area contributed by atoms with Gasteiger partial charge in [-0.05, 0) is 29.8 Å². The number of thiophene rings is 1. The summed E-state index contributed by atoms with van der Waals surface area (Å²) >= 11 is 7.44. The number of hydrogen-bond acceptors (Lipinski definition) is 4. The van der Waals surface area contributed by atoms with Gasteiger partial charge in [-0.3, -0.25) is 4.79 Å². The maximum atomic E-state index is 12.7. The minimum atomic E-state index is -0.113. The molecule has 2 heterocycles. The number of nitrogens with zero attached hydrogens (tertiary/aromatic N) is 2. The first kappa shape index (κ1) is 16.8. The van der Waals surface area contributed by atoms with Gasteiger partial charge in [0.05, 0.1) is 11.9 Å². The molecule has 130 valence electrons. The van der Waals surface area contributed by atoms with Gasteiger partial charge >= 0.3 is 0 Å². The van der Waals surface area contributed by atoms with Crippen molar-refractivity contribution in [2.75, 3.05) is 11.9 Å². The molecule has 6 heteroatoms. The molecule has 2 aromatic carbocycles. The first-order valence-corrected chi connectivity index (χ1v) is 9.40. The van der Waals surface area contributed by atoms with Crippen LogP contribution in [0.5, 0.6) is 0 Å². The highest BCUT2D eigenvalue weighted by molar-refractivity contribution is 7.17. The highest BCUT2D eigenvalue weighted by atomic mass is 35.5. The van der Waals surface area contributed by atoms with Crippen LogP contribution in [-0.4, -0.2) is 17.0 Å². The fraction of sp³-hybridized carbons (Fsp3) is 0.100. The van der Waals surface area contributed by atoms with Gasteiger partial charge in [-0.2, -0.15) is 0 Å². The smallest absolute Gasteiger partial charge is 0.260 e. The lowest BCUT2D eigenvalue weighted by molar-refractivity contribution is 0.842. The van der Waals surface area contributed by atoms with Crippen LogP contribution in [0.4, 0.5) is 5.69 Å². The van der Waals surface area contributed by atoms with Gasteiger partial charge in [0.2, 0.25) is 0 Å². The van der Waals surface area contributed by atoms with Gasteiger partial charge in [-0.25, -0.2) is 4.98 Å². The Labute approximate surface area is 159 Å². The summed E-state index contributed by atoms with van der Waals surface area (Å²) in [5.74, 6) is 0.651. The first-order chi connectivity index (χ1) is 12.6. The van der Waals surface area contributed by atoms with Crippen LogP contribution in [-0.2, 0) is 6.54 Å². The zero-order chi connectivity index (χ0) is 18.1. The van der Waals surface area contributed by atoms with Crippen molar-refractivity contribution < 1.29 is 0 Å². The number of para-hydroxylation sites is 1. The molecule has 0 aliphatic rings. The first-order valence-electron chi connectivity index (χ1n) is 8.14. The molecule has 1 N–H and O–H groups in total. The Balaban J connectivity index is 1.70. The lowest BCUT2D eigenvalue weighted by Crippen LogP contribution is -2.21. The van der Waals surface area contributed by atoms with Crippen molar-refractivity contribution in [3.05, 3.63) is 81.2 Å². The van der Waals surface area contributed by atoms with Crippen LogP contribution >= 0.6 is 22.9 Å². The second-order valence-corrected chi connectivity index (χ2v) is 7.34. The third-order valence-corrected chi connectivity index (χ3v) is 5.36. The second kappa shape index (κ2) is 6.94. The van der Waals surface area contributed by atoms with E-state index in [9.17, 15) is 4.79 Å². The second-order valence-electron chi connectivity index (χ2n) is 6.04. The highest BCUT2D eigenvalue weighted by Crippen LogP contribution is 2.31. The molecule has 0 saturated carbocycles. The Morgan fingerprint density at radius 1 is 1.12 bits per heavy atom. The van der Waals surface area contributed by atoms with Crippen LogP contribution in [0.25, 0.3) is 21.3 Å². The van der Waals surface area contributed by atoms with Crippen LogP contribution < -0.4 is 10.5 Å². The molecule has 4 nitrogen and oxygen atoms in total. The van der Waals surface area contributed by atoms with Crippen molar-refractivity contribution in [1.29, 1.82) is 0 Å². The SMILES string of the molecule is CN(Cc1nc2scc(-c3ccc(Cl)cc3)c2c(=O)[nH]1)c1ccccc1. The van der Waals surface area contributed by atoms with E-state index in [2.05, 4.69) is 14.9 Å². The predicted octanol–water partition coefficient (Wildman–Crippen LogP) is 4.94. The number of H-pyrrole nitrogens is 1. The molecule has 0 radical (unpaired) electrons. The Morgan fingerprint density at radius 2 is 1.85 bits per heavy atom. The lowest BCUT2D eigenvalue weighted by Gasteiger charge is -2.18. The molecule has 4 aromatic rings. The topological polar surface area (TPSA) is 49.0 Å². The number of benzene rings is 2. The molecular formula is C20H16ClN3OS. The molecule has 2 aromatic heterocycles. The largest absolute Gasteiger partial charge is 0.367 e. The van der Waals surface area contributed by atoms with E-state index in [4.69, 9.17) is 11.6 Å². The van der Waals surface area contributed by atoms with Gasteiger partial charge < -0.3 is 9.88 Å². The van der Waals surface area contributed by atoms with Crippen LogP contribution in [0.3, 0.4) is 0 Å². The standard InChI is InChI=1S/C20H16ClN3OS/c1-24(15-5-3-2-4-6-15)11-17-22-19(25)18-16(12-26-20(18)23-17)13-7-9-14(21)10-8-13/h2-10,12H,11H2,1H3,(H,22,23,25). The average molecular weight is 382 g/mol. The predicted molar refractivity (Wildman–Crippen MR) is 109 cm³/mol. The number of anilines is 1. The normalized spacial score (nSPS) is 11.0. The van der Waals surface area contributed by atoms with Gasteiger partial charge in [-0.15, -0.1) is 11.3 Å². The highest BCUT2D eigenvalue weighted by Gasteiger charge is 2.14. The maximum absolute atomic E-state index is 12.7. The van der Waals surface area contributed by atoms with E-state index in [-0.39, 0.29) is 5.56 Å². The van der Waals surface area contributed by atoms with E-state index >= 15 is 0 Å². The number of hydrogen-bond donors (Lipinski definition) is 1. The van der Waals surface area contributed by atoms with Gasteiger partial charge in [-0.1, -0.05) is 41.9 Å². The van der Waals surface area contributed by atoms with E-state index in [1.54, 1.807) is 0 Å². The number of rotatable bonds is 4. The number of nitrogens with one attached hydrogen (secondary N) is 1. The fourth-order valence-electron chi connectivity index (χ4n) is 2.91. The Bertz CT molecular complexity index is 1100. The molecule has 26 heavy (non-hydrogen) atoms. The molecule has 0 unspecified atom stereocenters. The third kappa shape index (κ3) is 3.23. The van der Waals surface area contributed by atoms with Gasteiger partial charge in [0.25, 0.3) is 5.56 Å². The zero-order valence-electron chi connectivity index (χ0n) is 14.1. The van der Waals surface area contributed by atoms with Crippen molar-refractivity contribution in [2.45, 2.75) is 6.54 Å². The summed E-state index contributed by atoms with van der Waals surface area (Å²) in [6.07, 6.45) is 0. The third-order valence-electron chi connectivity index (χ3n) is 4.23. The summed E-state index contributed by atoms with van der Waals surface area (Å²) in [6, 6.07) is 17.5. The molecule has 0 bridgehead atoms. The molecule has 0 spiro atoms. The number of halogens is 1. The lowest BCUT2D eigenvalue weighted by atomic mass is 10.1. The summed E-state index contributed by atoms with van der Waals surface area (Å²) in [6.45, 7) is 0.531. The van der Waals surface area contributed by atoms with Gasteiger partial charge in [0.15, 0.2) is 0 Å². The van der Waals surface area contributed by atoms with E-state index in [1.165, 1.54) is 11.3 Å². The summed E-state index contributed by atoms with van der Waals surface area (Å²) in [5.41, 5.74) is 2.81. The van der Waals surface area contributed by atoms with Gasteiger partial charge in [0, 0.05) is 28.7 Å². The summed E-state index contributed by atoms with van der Waals surface area (Å²) in [5, 5.41) is 3.27. The van der Waals surface area contributed by atoms with Crippen LogP contribution in [0, 0.1) is 0 Å².